The molecule has 4 nitrogen and oxygen atoms in total. The van der Waals surface area contributed by atoms with Gasteiger partial charge in [-0.05, 0) is 38.4 Å². The molecule has 106 valence electrons. The van der Waals surface area contributed by atoms with E-state index >= 15 is 0 Å². The summed E-state index contributed by atoms with van der Waals surface area (Å²) in [5.74, 6) is 0.289. The number of aromatic nitrogens is 2. The highest BCUT2D eigenvalue weighted by atomic mass is 16.1. The van der Waals surface area contributed by atoms with Gasteiger partial charge in [-0.2, -0.15) is 0 Å². The molecule has 0 amide bonds. The van der Waals surface area contributed by atoms with Gasteiger partial charge >= 0.3 is 0 Å². The van der Waals surface area contributed by atoms with Gasteiger partial charge in [0.05, 0.1) is 5.69 Å². The van der Waals surface area contributed by atoms with Crippen LogP contribution in [0.5, 0.6) is 0 Å². The van der Waals surface area contributed by atoms with Crippen LogP contribution < -0.4 is 0 Å². The molecule has 0 N–H and O–H groups in total. The van der Waals surface area contributed by atoms with E-state index in [1.807, 2.05) is 24.4 Å². The van der Waals surface area contributed by atoms with Crippen LogP contribution >= 0.6 is 0 Å². The largest absolute Gasteiger partial charge is 0.307 e. The van der Waals surface area contributed by atoms with Crippen LogP contribution in [0.1, 0.15) is 38.3 Å². The molecule has 1 fully saturated rings. The third-order valence-electron chi connectivity index (χ3n) is 4.05. The van der Waals surface area contributed by atoms with Crippen molar-refractivity contribution < 1.29 is 4.79 Å². The number of fused-ring (bicyclic) bond motifs is 1. The fourth-order valence-corrected chi connectivity index (χ4v) is 3.10. The second-order valence-corrected chi connectivity index (χ2v) is 5.72. The molecular weight excluding hydrogens is 250 g/mol. The molecule has 0 aromatic carbocycles. The maximum absolute atomic E-state index is 11.4. The van der Waals surface area contributed by atoms with Crippen molar-refractivity contribution in [3.05, 3.63) is 36.3 Å². The summed E-state index contributed by atoms with van der Waals surface area (Å²) in [5, 5.41) is 0. The molecule has 0 bridgehead atoms. The first kappa shape index (κ1) is 13.3. The number of ketones is 1. The first-order valence-corrected chi connectivity index (χ1v) is 7.38. The molecular formula is C16H21N3O. The number of hydrogen-bond acceptors (Lipinski definition) is 3. The minimum Gasteiger partial charge on any atom is -0.307 e. The van der Waals surface area contributed by atoms with Gasteiger partial charge in [0.1, 0.15) is 11.4 Å². The first-order chi connectivity index (χ1) is 9.72. The number of carbonyl (C=O) groups is 1. The summed E-state index contributed by atoms with van der Waals surface area (Å²) >= 11 is 0. The monoisotopic (exact) mass is 271 g/mol. The standard InChI is InChI=1S/C16H21N3O/c1-13(20)10-15-6-2-4-8-18(15)11-14-12-19-9-5-3-7-16(19)17-14/h3,5,7,9,12,15H,2,4,6,8,10-11H2,1H3. The topological polar surface area (TPSA) is 37.6 Å². The highest BCUT2D eigenvalue weighted by Gasteiger charge is 2.24. The number of nitrogens with zero attached hydrogens (tertiary/aromatic N) is 3. The Hall–Kier alpha value is -1.68. The van der Waals surface area contributed by atoms with Crippen LogP contribution in [0, 0.1) is 0 Å². The van der Waals surface area contributed by atoms with Crippen LogP contribution in [-0.4, -0.2) is 32.7 Å². The van der Waals surface area contributed by atoms with E-state index in [9.17, 15) is 4.79 Å². The van der Waals surface area contributed by atoms with E-state index in [2.05, 4.69) is 20.5 Å². The summed E-state index contributed by atoms with van der Waals surface area (Å²) in [7, 11) is 0. The molecule has 2 aromatic rings. The Balaban J connectivity index is 1.75. The molecule has 3 rings (SSSR count). The highest BCUT2D eigenvalue weighted by Crippen LogP contribution is 2.22. The summed E-state index contributed by atoms with van der Waals surface area (Å²) in [6, 6.07) is 6.43. The summed E-state index contributed by atoms with van der Waals surface area (Å²) in [4.78, 5) is 18.5. The highest BCUT2D eigenvalue weighted by molar-refractivity contribution is 5.76. The van der Waals surface area contributed by atoms with Crippen molar-refractivity contribution in [3.8, 4) is 0 Å². The molecule has 3 heterocycles. The predicted molar refractivity (Wildman–Crippen MR) is 78.5 cm³/mol. The lowest BCUT2D eigenvalue weighted by Gasteiger charge is -2.34. The van der Waals surface area contributed by atoms with E-state index in [-0.39, 0.29) is 5.78 Å². The van der Waals surface area contributed by atoms with Crippen molar-refractivity contribution in [2.75, 3.05) is 6.54 Å². The quantitative estimate of drug-likeness (QED) is 0.858. The number of rotatable bonds is 4. The Labute approximate surface area is 119 Å². The lowest BCUT2D eigenvalue weighted by molar-refractivity contribution is -0.118. The fourth-order valence-electron chi connectivity index (χ4n) is 3.10. The molecule has 0 spiro atoms. The average Bonchev–Trinajstić information content (AvgIpc) is 2.82. The number of Topliss-reactive ketones (excluding diaryl/α,β-unsaturated/α-hetero) is 1. The second kappa shape index (κ2) is 5.75. The molecule has 20 heavy (non-hydrogen) atoms. The maximum Gasteiger partial charge on any atom is 0.137 e. The second-order valence-electron chi connectivity index (χ2n) is 5.72. The van der Waals surface area contributed by atoms with Crippen LogP contribution in [0.3, 0.4) is 0 Å². The molecule has 0 aliphatic carbocycles. The zero-order valence-electron chi connectivity index (χ0n) is 12.0. The van der Waals surface area contributed by atoms with Gasteiger partial charge in [-0.3, -0.25) is 9.69 Å². The molecule has 4 heteroatoms. The first-order valence-electron chi connectivity index (χ1n) is 7.38. The van der Waals surface area contributed by atoms with Crippen molar-refractivity contribution in [3.63, 3.8) is 0 Å². The molecule has 1 atom stereocenters. The molecule has 1 unspecified atom stereocenters. The van der Waals surface area contributed by atoms with Crippen LogP contribution in [-0.2, 0) is 11.3 Å². The van der Waals surface area contributed by atoms with Crippen molar-refractivity contribution in [1.82, 2.24) is 14.3 Å². The molecule has 0 radical (unpaired) electrons. The minimum atomic E-state index is 0.289. The van der Waals surface area contributed by atoms with Crippen molar-refractivity contribution in [2.24, 2.45) is 0 Å². The Morgan fingerprint density at radius 2 is 2.30 bits per heavy atom. The van der Waals surface area contributed by atoms with Gasteiger partial charge in [0.25, 0.3) is 0 Å². The van der Waals surface area contributed by atoms with Gasteiger partial charge in [-0.25, -0.2) is 4.98 Å². The zero-order chi connectivity index (χ0) is 13.9. The van der Waals surface area contributed by atoms with Crippen LogP contribution in [0.15, 0.2) is 30.6 Å². The average molecular weight is 271 g/mol. The van der Waals surface area contributed by atoms with Gasteiger partial charge < -0.3 is 4.40 Å². The number of pyridine rings is 1. The number of piperidine rings is 1. The number of imidazole rings is 1. The lowest BCUT2D eigenvalue weighted by atomic mass is 9.97. The summed E-state index contributed by atoms with van der Waals surface area (Å²) in [6.07, 6.45) is 8.38. The van der Waals surface area contributed by atoms with Crippen LogP contribution in [0.2, 0.25) is 0 Å². The van der Waals surface area contributed by atoms with E-state index in [1.165, 1.54) is 12.8 Å². The number of carbonyl (C=O) groups excluding carboxylic acids is 1. The maximum atomic E-state index is 11.4. The Morgan fingerprint density at radius 1 is 1.40 bits per heavy atom. The van der Waals surface area contributed by atoms with E-state index in [0.29, 0.717) is 12.5 Å². The van der Waals surface area contributed by atoms with Gasteiger partial charge in [-0.1, -0.05) is 12.5 Å². The molecule has 0 saturated carbocycles. The number of likely N-dealkylation sites (tertiary alicyclic amines) is 1. The summed E-state index contributed by atoms with van der Waals surface area (Å²) in [6.45, 7) is 3.61. The fraction of sp³-hybridized carbons (Fsp3) is 0.500. The van der Waals surface area contributed by atoms with E-state index in [1.54, 1.807) is 6.92 Å². The SMILES string of the molecule is CC(=O)CC1CCCCN1Cc1cn2ccccc2n1. The molecule has 2 aromatic heterocycles. The van der Waals surface area contributed by atoms with Crippen LogP contribution in [0.4, 0.5) is 0 Å². The predicted octanol–water partition coefficient (Wildman–Crippen LogP) is 2.67. The Morgan fingerprint density at radius 3 is 3.10 bits per heavy atom. The van der Waals surface area contributed by atoms with Crippen LogP contribution in [0.25, 0.3) is 5.65 Å². The molecule has 1 saturated heterocycles. The smallest absolute Gasteiger partial charge is 0.137 e. The van der Waals surface area contributed by atoms with Crippen molar-refractivity contribution in [2.45, 2.75) is 45.2 Å². The number of hydrogen-bond donors (Lipinski definition) is 0. The minimum absolute atomic E-state index is 0.289. The lowest BCUT2D eigenvalue weighted by Crippen LogP contribution is -2.40. The molecule has 1 aliphatic heterocycles. The van der Waals surface area contributed by atoms with Crippen molar-refractivity contribution in [1.29, 1.82) is 0 Å². The third-order valence-corrected chi connectivity index (χ3v) is 4.05. The van der Waals surface area contributed by atoms with E-state index in [4.69, 9.17) is 0 Å². The molecule has 1 aliphatic rings. The van der Waals surface area contributed by atoms with E-state index < -0.39 is 0 Å². The van der Waals surface area contributed by atoms with E-state index in [0.717, 1.165) is 30.9 Å². The third kappa shape index (κ3) is 2.90. The Kier molecular flexibility index (Phi) is 3.83. The Bertz CT molecular complexity index is 572. The summed E-state index contributed by atoms with van der Waals surface area (Å²) in [5.41, 5.74) is 2.08. The summed E-state index contributed by atoms with van der Waals surface area (Å²) < 4.78 is 2.05. The van der Waals surface area contributed by atoms with Gasteiger partial charge in [0.15, 0.2) is 0 Å². The zero-order valence-corrected chi connectivity index (χ0v) is 12.0. The van der Waals surface area contributed by atoms with Gasteiger partial charge in [0, 0.05) is 31.4 Å². The normalized spacial score (nSPS) is 20.4. The van der Waals surface area contributed by atoms with Gasteiger partial charge in [-0.15, -0.1) is 0 Å². The van der Waals surface area contributed by atoms with Gasteiger partial charge in [0.2, 0.25) is 0 Å². The van der Waals surface area contributed by atoms with Crippen molar-refractivity contribution >= 4 is 11.4 Å².